The molecule has 0 spiro atoms. The van der Waals surface area contributed by atoms with E-state index in [1.807, 2.05) is 56.3 Å². The van der Waals surface area contributed by atoms with Crippen LogP contribution >= 0.6 is 11.6 Å². The summed E-state index contributed by atoms with van der Waals surface area (Å²) in [6, 6.07) is 13.3. The molecule has 1 fully saturated rings. The van der Waals surface area contributed by atoms with Crippen LogP contribution in [0.1, 0.15) is 11.1 Å². The number of nitrogens with zero attached hydrogens (tertiary/aromatic N) is 2. The normalized spacial score (nSPS) is 14.3. The summed E-state index contributed by atoms with van der Waals surface area (Å²) in [5, 5.41) is 3.38. The maximum Gasteiger partial charge on any atom is 0.313 e. The molecule has 0 aromatic heterocycles. The van der Waals surface area contributed by atoms with Gasteiger partial charge in [0.2, 0.25) is 0 Å². The lowest BCUT2D eigenvalue weighted by Crippen LogP contribution is -2.51. The Balaban J connectivity index is 1.57. The lowest BCUT2D eigenvalue weighted by atomic mass is 10.1. The number of rotatable bonds is 2. The highest BCUT2D eigenvalue weighted by Gasteiger charge is 2.26. The molecule has 1 N–H and O–H groups in total. The minimum atomic E-state index is -0.593. The minimum Gasteiger partial charge on any atom is -0.368 e. The number of hydrogen-bond donors (Lipinski definition) is 1. The summed E-state index contributed by atoms with van der Waals surface area (Å²) >= 11 is 6.04. The number of anilines is 2. The molecule has 0 aliphatic carbocycles. The first-order valence-corrected chi connectivity index (χ1v) is 9.00. The average Bonchev–Trinajstić information content (AvgIpc) is 2.64. The van der Waals surface area contributed by atoms with Crippen LogP contribution in [0, 0.1) is 13.8 Å². The highest BCUT2D eigenvalue weighted by Crippen LogP contribution is 2.21. The van der Waals surface area contributed by atoms with Gasteiger partial charge in [-0.25, -0.2) is 0 Å². The lowest BCUT2D eigenvalue weighted by Gasteiger charge is -2.35. The molecule has 2 aromatic carbocycles. The first-order valence-electron chi connectivity index (χ1n) is 8.62. The predicted molar refractivity (Wildman–Crippen MR) is 105 cm³/mol. The maximum absolute atomic E-state index is 12.4. The van der Waals surface area contributed by atoms with Crippen molar-refractivity contribution in [2.45, 2.75) is 13.8 Å². The van der Waals surface area contributed by atoms with Gasteiger partial charge in [0.15, 0.2) is 0 Å². The summed E-state index contributed by atoms with van der Waals surface area (Å²) in [5.41, 5.74) is 3.89. The van der Waals surface area contributed by atoms with Gasteiger partial charge in [-0.2, -0.15) is 0 Å². The topological polar surface area (TPSA) is 52.7 Å². The Morgan fingerprint density at radius 3 is 2.35 bits per heavy atom. The molecular formula is C20H22ClN3O2. The first-order chi connectivity index (χ1) is 12.4. The van der Waals surface area contributed by atoms with Crippen LogP contribution in [0.15, 0.2) is 42.5 Å². The molecule has 5 nitrogen and oxygen atoms in total. The van der Waals surface area contributed by atoms with Crippen LogP contribution < -0.4 is 10.2 Å². The molecule has 0 saturated carbocycles. The number of carbonyl (C=O) groups excluding carboxylic acids is 2. The van der Waals surface area contributed by atoms with E-state index in [-0.39, 0.29) is 0 Å². The van der Waals surface area contributed by atoms with E-state index in [1.54, 1.807) is 4.90 Å². The smallest absolute Gasteiger partial charge is 0.313 e. The maximum atomic E-state index is 12.4. The van der Waals surface area contributed by atoms with Crippen LogP contribution in [-0.2, 0) is 9.59 Å². The van der Waals surface area contributed by atoms with Crippen molar-refractivity contribution in [2.24, 2.45) is 0 Å². The Bertz CT molecular complexity index is 830. The molecule has 2 aromatic rings. The third-order valence-electron chi connectivity index (χ3n) is 4.70. The van der Waals surface area contributed by atoms with Gasteiger partial charge in [0.25, 0.3) is 0 Å². The van der Waals surface area contributed by atoms with Crippen LogP contribution in [0.5, 0.6) is 0 Å². The van der Waals surface area contributed by atoms with Gasteiger partial charge in [0.05, 0.1) is 0 Å². The molecule has 3 rings (SSSR count). The number of halogens is 1. The van der Waals surface area contributed by atoms with E-state index >= 15 is 0 Å². The molecule has 0 unspecified atom stereocenters. The largest absolute Gasteiger partial charge is 0.368 e. The highest BCUT2D eigenvalue weighted by atomic mass is 35.5. The lowest BCUT2D eigenvalue weighted by molar-refractivity contribution is -0.143. The molecule has 26 heavy (non-hydrogen) atoms. The molecule has 1 saturated heterocycles. The monoisotopic (exact) mass is 371 g/mol. The van der Waals surface area contributed by atoms with Crippen molar-refractivity contribution >= 4 is 34.8 Å². The molecular weight excluding hydrogens is 350 g/mol. The second kappa shape index (κ2) is 7.79. The zero-order valence-corrected chi connectivity index (χ0v) is 15.7. The summed E-state index contributed by atoms with van der Waals surface area (Å²) in [6.07, 6.45) is 0. The SMILES string of the molecule is Cc1ccc(NC(=O)C(=O)N2CCN(c3cccc(Cl)c3)CC2)cc1C. The van der Waals surface area contributed by atoms with E-state index in [4.69, 9.17) is 11.6 Å². The van der Waals surface area contributed by atoms with Crippen molar-refractivity contribution in [3.63, 3.8) is 0 Å². The summed E-state index contributed by atoms with van der Waals surface area (Å²) < 4.78 is 0. The van der Waals surface area contributed by atoms with Crippen LogP contribution in [0.3, 0.4) is 0 Å². The van der Waals surface area contributed by atoms with Crippen molar-refractivity contribution in [3.8, 4) is 0 Å². The minimum absolute atomic E-state index is 0.492. The number of nitrogens with one attached hydrogen (secondary N) is 1. The predicted octanol–water partition coefficient (Wildman–Crippen LogP) is 3.24. The Morgan fingerprint density at radius 1 is 0.962 bits per heavy atom. The summed E-state index contributed by atoms with van der Waals surface area (Å²) in [7, 11) is 0. The third kappa shape index (κ3) is 4.17. The number of hydrogen-bond acceptors (Lipinski definition) is 3. The summed E-state index contributed by atoms with van der Waals surface area (Å²) in [4.78, 5) is 28.5. The average molecular weight is 372 g/mol. The quantitative estimate of drug-likeness (QED) is 0.824. The van der Waals surface area contributed by atoms with Gasteiger partial charge in [-0.1, -0.05) is 23.7 Å². The van der Waals surface area contributed by atoms with E-state index in [0.29, 0.717) is 36.9 Å². The number of carbonyl (C=O) groups is 2. The highest BCUT2D eigenvalue weighted by molar-refractivity contribution is 6.39. The Hall–Kier alpha value is -2.53. The van der Waals surface area contributed by atoms with Crippen molar-refractivity contribution in [3.05, 3.63) is 58.6 Å². The van der Waals surface area contributed by atoms with Gasteiger partial charge in [-0.15, -0.1) is 0 Å². The van der Waals surface area contributed by atoms with Gasteiger partial charge >= 0.3 is 11.8 Å². The zero-order valence-electron chi connectivity index (χ0n) is 15.0. The van der Waals surface area contributed by atoms with Crippen LogP contribution in [0.2, 0.25) is 5.02 Å². The molecule has 0 radical (unpaired) electrons. The Morgan fingerprint density at radius 2 is 1.69 bits per heavy atom. The number of amides is 2. The van der Waals surface area contributed by atoms with Crippen molar-refractivity contribution < 1.29 is 9.59 Å². The molecule has 0 atom stereocenters. The van der Waals surface area contributed by atoms with E-state index < -0.39 is 11.8 Å². The zero-order chi connectivity index (χ0) is 18.7. The van der Waals surface area contributed by atoms with Gasteiger partial charge in [0, 0.05) is 42.6 Å². The van der Waals surface area contributed by atoms with Crippen molar-refractivity contribution in [1.82, 2.24) is 4.90 Å². The fraction of sp³-hybridized carbons (Fsp3) is 0.300. The third-order valence-corrected chi connectivity index (χ3v) is 4.93. The van der Waals surface area contributed by atoms with Gasteiger partial charge < -0.3 is 15.1 Å². The van der Waals surface area contributed by atoms with Crippen LogP contribution in [0.25, 0.3) is 0 Å². The van der Waals surface area contributed by atoms with Crippen molar-refractivity contribution in [1.29, 1.82) is 0 Å². The van der Waals surface area contributed by atoms with E-state index in [0.717, 1.165) is 16.8 Å². The molecule has 2 amide bonds. The fourth-order valence-electron chi connectivity index (χ4n) is 2.99. The molecule has 136 valence electrons. The molecule has 1 aliphatic rings. The number of aryl methyl sites for hydroxylation is 2. The van der Waals surface area contributed by atoms with E-state index in [9.17, 15) is 9.59 Å². The Labute approximate surface area is 158 Å². The van der Waals surface area contributed by atoms with Gasteiger partial charge in [-0.3, -0.25) is 9.59 Å². The number of piperazine rings is 1. The summed E-state index contributed by atoms with van der Waals surface area (Å²) in [5.74, 6) is -1.08. The van der Waals surface area contributed by atoms with Gasteiger partial charge in [0.1, 0.15) is 0 Å². The molecule has 1 aliphatic heterocycles. The van der Waals surface area contributed by atoms with Gasteiger partial charge in [-0.05, 0) is 55.3 Å². The number of benzene rings is 2. The standard InChI is InChI=1S/C20H22ClN3O2/c1-14-6-7-17(12-15(14)2)22-19(25)20(26)24-10-8-23(9-11-24)18-5-3-4-16(21)13-18/h3-7,12-13H,8-11H2,1-2H3,(H,22,25). The van der Waals surface area contributed by atoms with Crippen molar-refractivity contribution in [2.75, 3.05) is 36.4 Å². The fourth-order valence-corrected chi connectivity index (χ4v) is 3.17. The Kier molecular flexibility index (Phi) is 5.47. The van der Waals surface area contributed by atoms with Crippen LogP contribution in [0.4, 0.5) is 11.4 Å². The van der Waals surface area contributed by atoms with Crippen LogP contribution in [-0.4, -0.2) is 42.9 Å². The second-order valence-electron chi connectivity index (χ2n) is 6.51. The molecule has 6 heteroatoms. The first kappa shape index (κ1) is 18.3. The van der Waals surface area contributed by atoms with E-state index in [2.05, 4.69) is 10.2 Å². The summed E-state index contributed by atoms with van der Waals surface area (Å²) in [6.45, 7) is 6.33. The second-order valence-corrected chi connectivity index (χ2v) is 6.95. The molecule has 1 heterocycles. The molecule has 0 bridgehead atoms. The van der Waals surface area contributed by atoms with E-state index in [1.165, 1.54) is 0 Å².